The molecule has 3 heterocycles. The molecule has 3 aromatic carbocycles. The number of hydrogen-bond acceptors (Lipinski definition) is 6. The molecule has 7 nitrogen and oxygen atoms in total. The zero-order valence-electron chi connectivity index (χ0n) is 20.0. The molecular weight excluding hydrogens is 472 g/mol. The third-order valence-corrected chi connectivity index (χ3v) is 7.67. The minimum absolute atomic E-state index is 0.119. The molecule has 0 bridgehead atoms. The number of nitrogens with zero attached hydrogens (tertiary/aromatic N) is 4. The Kier molecular flexibility index (Phi) is 6.11. The van der Waals surface area contributed by atoms with Gasteiger partial charge in [-0.3, -0.25) is 9.36 Å². The Balaban J connectivity index is 1.26. The minimum Gasteiger partial charge on any atom is -0.454 e. The van der Waals surface area contributed by atoms with E-state index in [4.69, 9.17) is 9.47 Å². The van der Waals surface area contributed by atoms with Gasteiger partial charge in [0, 0.05) is 18.7 Å². The number of amides is 1. The van der Waals surface area contributed by atoms with Crippen LogP contribution in [0.3, 0.4) is 0 Å². The maximum absolute atomic E-state index is 13.4. The third-order valence-electron chi connectivity index (χ3n) is 6.60. The molecule has 0 N–H and O–H groups in total. The molecule has 2 aliphatic heterocycles. The predicted molar refractivity (Wildman–Crippen MR) is 138 cm³/mol. The van der Waals surface area contributed by atoms with Crippen LogP contribution in [0.4, 0.5) is 0 Å². The van der Waals surface area contributed by atoms with Crippen LogP contribution in [0.25, 0.3) is 11.4 Å². The van der Waals surface area contributed by atoms with Crippen LogP contribution in [0.5, 0.6) is 11.5 Å². The molecule has 2 aliphatic rings. The van der Waals surface area contributed by atoms with Crippen LogP contribution in [-0.2, 0) is 24.3 Å². The molecule has 0 aliphatic carbocycles. The lowest BCUT2D eigenvalue weighted by atomic mass is 10.00. The van der Waals surface area contributed by atoms with Gasteiger partial charge in [0.25, 0.3) is 0 Å². The molecule has 0 spiro atoms. The van der Waals surface area contributed by atoms with E-state index in [1.54, 1.807) is 0 Å². The molecule has 0 unspecified atom stereocenters. The summed E-state index contributed by atoms with van der Waals surface area (Å²) in [6.07, 6.45) is 0.887. The molecule has 8 heteroatoms. The summed E-state index contributed by atoms with van der Waals surface area (Å²) in [5, 5.41) is 9.45. The fourth-order valence-corrected chi connectivity index (χ4v) is 5.62. The average molecular weight is 499 g/mol. The van der Waals surface area contributed by atoms with E-state index in [9.17, 15) is 4.79 Å². The normalized spacial score (nSPS) is 15.0. The second-order valence-electron chi connectivity index (χ2n) is 8.98. The molecular formula is C28H26N4O3S. The van der Waals surface area contributed by atoms with Gasteiger partial charge in [-0.2, -0.15) is 0 Å². The average Bonchev–Trinajstić information content (AvgIpc) is 3.55. The Morgan fingerprint density at radius 3 is 2.61 bits per heavy atom. The second kappa shape index (κ2) is 9.70. The van der Waals surface area contributed by atoms with Crippen molar-refractivity contribution in [2.75, 3.05) is 13.3 Å². The van der Waals surface area contributed by atoms with Crippen molar-refractivity contribution in [1.29, 1.82) is 0 Å². The Hall–Kier alpha value is -3.78. The summed E-state index contributed by atoms with van der Waals surface area (Å²) in [6.45, 7) is 4.13. The number of carbonyl (C=O) groups is 1. The largest absolute Gasteiger partial charge is 0.454 e. The van der Waals surface area contributed by atoms with Crippen molar-refractivity contribution in [3.63, 3.8) is 0 Å². The van der Waals surface area contributed by atoms with Gasteiger partial charge in [0.2, 0.25) is 12.7 Å². The van der Waals surface area contributed by atoms with E-state index in [1.807, 2.05) is 66.4 Å². The van der Waals surface area contributed by atoms with Crippen LogP contribution in [0.2, 0.25) is 0 Å². The molecule has 1 aromatic heterocycles. The highest BCUT2D eigenvalue weighted by atomic mass is 32.2. The number of aromatic nitrogens is 3. The van der Waals surface area contributed by atoms with Crippen LogP contribution in [-0.4, -0.2) is 44.2 Å². The summed E-state index contributed by atoms with van der Waals surface area (Å²) >= 11 is 1.46. The van der Waals surface area contributed by atoms with Gasteiger partial charge in [0.1, 0.15) is 0 Å². The van der Waals surface area contributed by atoms with Gasteiger partial charge in [-0.05, 0) is 42.2 Å². The summed E-state index contributed by atoms with van der Waals surface area (Å²) in [6, 6.07) is 24.3. The van der Waals surface area contributed by atoms with Crippen molar-refractivity contribution in [3.8, 4) is 22.9 Å². The number of rotatable bonds is 6. The highest BCUT2D eigenvalue weighted by Gasteiger charge is 2.27. The van der Waals surface area contributed by atoms with Gasteiger partial charge >= 0.3 is 0 Å². The Morgan fingerprint density at radius 1 is 0.972 bits per heavy atom. The van der Waals surface area contributed by atoms with Crippen molar-refractivity contribution < 1.29 is 14.3 Å². The van der Waals surface area contributed by atoms with Crippen LogP contribution in [0, 0.1) is 0 Å². The molecule has 0 fully saturated rings. The Morgan fingerprint density at radius 2 is 1.75 bits per heavy atom. The van der Waals surface area contributed by atoms with Crippen molar-refractivity contribution in [3.05, 3.63) is 89.5 Å². The molecule has 6 rings (SSSR count). The van der Waals surface area contributed by atoms with Crippen LogP contribution < -0.4 is 9.47 Å². The summed E-state index contributed by atoms with van der Waals surface area (Å²) in [4.78, 5) is 15.4. The number of benzene rings is 3. The minimum atomic E-state index is -0.293. The van der Waals surface area contributed by atoms with Crippen molar-refractivity contribution in [2.24, 2.45) is 0 Å². The second-order valence-corrected chi connectivity index (χ2v) is 10.3. The first-order valence-corrected chi connectivity index (χ1v) is 12.9. The molecule has 4 aromatic rings. The van der Waals surface area contributed by atoms with E-state index in [1.165, 1.54) is 22.9 Å². The van der Waals surface area contributed by atoms with Crippen molar-refractivity contribution in [2.45, 2.75) is 36.8 Å². The van der Waals surface area contributed by atoms with E-state index in [0.29, 0.717) is 18.2 Å². The monoisotopic (exact) mass is 498 g/mol. The maximum Gasteiger partial charge on any atom is 0.236 e. The van der Waals surface area contributed by atoms with Gasteiger partial charge in [-0.25, -0.2) is 0 Å². The summed E-state index contributed by atoms with van der Waals surface area (Å²) in [5.74, 6) is 2.38. The number of fused-ring (bicyclic) bond motifs is 2. The molecule has 182 valence electrons. The lowest BCUT2D eigenvalue weighted by Gasteiger charge is -2.30. The standard InChI is InChI=1S/C28H26N4O3S/c1-19(27(33)31-14-13-21-7-5-6-10-23(21)17-31)36-28-30-29-26(22-8-3-2-4-9-22)32(28)16-20-11-12-24-25(15-20)35-18-34-24/h2-12,15,19H,13-14,16-18H2,1H3/t19-/m0/s1. The number of thioether (sulfide) groups is 1. The first-order valence-electron chi connectivity index (χ1n) is 12.0. The predicted octanol–water partition coefficient (Wildman–Crippen LogP) is 4.79. The molecule has 36 heavy (non-hydrogen) atoms. The molecule has 1 atom stereocenters. The number of ether oxygens (including phenoxy) is 2. The van der Waals surface area contributed by atoms with Crippen LogP contribution >= 0.6 is 11.8 Å². The fraction of sp³-hybridized carbons (Fsp3) is 0.250. The molecule has 0 radical (unpaired) electrons. The van der Waals surface area contributed by atoms with Crippen LogP contribution in [0.15, 0.2) is 78.0 Å². The zero-order valence-corrected chi connectivity index (χ0v) is 20.8. The first-order chi connectivity index (χ1) is 17.7. The molecule has 0 saturated carbocycles. The summed E-state index contributed by atoms with van der Waals surface area (Å²) in [5.41, 5.74) is 4.58. The van der Waals surface area contributed by atoms with Crippen molar-refractivity contribution >= 4 is 17.7 Å². The van der Waals surface area contributed by atoms with E-state index < -0.39 is 0 Å². The first kappa shape index (κ1) is 22.7. The van der Waals surface area contributed by atoms with Crippen LogP contribution in [0.1, 0.15) is 23.6 Å². The highest BCUT2D eigenvalue weighted by molar-refractivity contribution is 8.00. The zero-order chi connectivity index (χ0) is 24.5. The van der Waals surface area contributed by atoms with E-state index in [2.05, 4.69) is 33.0 Å². The highest BCUT2D eigenvalue weighted by Crippen LogP contribution is 2.34. The van der Waals surface area contributed by atoms with Gasteiger partial charge in [-0.1, -0.05) is 72.4 Å². The van der Waals surface area contributed by atoms with E-state index in [0.717, 1.165) is 41.4 Å². The molecule has 1 amide bonds. The fourth-order valence-electron chi connectivity index (χ4n) is 4.69. The third kappa shape index (κ3) is 4.44. The lowest BCUT2D eigenvalue weighted by Crippen LogP contribution is -2.40. The lowest BCUT2D eigenvalue weighted by molar-refractivity contribution is -0.131. The van der Waals surface area contributed by atoms with E-state index in [-0.39, 0.29) is 18.0 Å². The van der Waals surface area contributed by atoms with Gasteiger partial charge in [-0.15, -0.1) is 10.2 Å². The summed E-state index contributed by atoms with van der Waals surface area (Å²) in [7, 11) is 0. The maximum atomic E-state index is 13.4. The summed E-state index contributed by atoms with van der Waals surface area (Å²) < 4.78 is 13.1. The van der Waals surface area contributed by atoms with E-state index >= 15 is 0 Å². The number of carbonyl (C=O) groups excluding carboxylic acids is 1. The topological polar surface area (TPSA) is 69.5 Å². The van der Waals surface area contributed by atoms with Crippen molar-refractivity contribution in [1.82, 2.24) is 19.7 Å². The molecule has 0 saturated heterocycles. The van der Waals surface area contributed by atoms with Gasteiger partial charge in [0.15, 0.2) is 22.5 Å². The van der Waals surface area contributed by atoms with Gasteiger partial charge in [0.05, 0.1) is 11.8 Å². The Labute approximate surface area is 214 Å². The smallest absolute Gasteiger partial charge is 0.236 e. The SMILES string of the molecule is C[C@H](Sc1nnc(-c2ccccc2)n1Cc1ccc2c(c1)OCO2)C(=O)N1CCc2ccccc2C1. The quantitative estimate of drug-likeness (QED) is 0.356. The number of hydrogen-bond donors (Lipinski definition) is 0. The van der Waals surface area contributed by atoms with Gasteiger partial charge < -0.3 is 14.4 Å². The Bertz CT molecular complexity index is 1410.